The Hall–Kier alpha value is -2.02. The summed E-state index contributed by atoms with van der Waals surface area (Å²) in [6.07, 6.45) is 5.85. The predicted molar refractivity (Wildman–Crippen MR) is 172 cm³/mol. The third-order valence-corrected chi connectivity index (χ3v) is 13.0. The van der Waals surface area contributed by atoms with Crippen molar-refractivity contribution in [2.45, 2.75) is 106 Å². The monoisotopic (exact) mass is 682 g/mol. The number of rotatable bonds is 9. The number of carboxylic acid groups (broad SMARTS) is 1. The Bertz CT molecular complexity index is 1450. The topological polar surface area (TPSA) is 105 Å². The Labute approximate surface area is 278 Å². The van der Waals surface area contributed by atoms with E-state index in [1.165, 1.54) is 4.90 Å². The molecule has 0 aromatic carbocycles. The van der Waals surface area contributed by atoms with Crippen molar-refractivity contribution in [3.63, 3.8) is 0 Å². The van der Waals surface area contributed by atoms with Crippen LogP contribution in [0.15, 0.2) is 16.6 Å². The molecule has 3 aliphatic carbocycles. The maximum Gasteiger partial charge on any atom is 0.308 e. The summed E-state index contributed by atoms with van der Waals surface area (Å²) < 4.78 is 35.0. The van der Waals surface area contributed by atoms with E-state index in [4.69, 9.17) is 21.3 Å². The van der Waals surface area contributed by atoms with Crippen molar-refractivity contribution in [2.75, 3.05) is 27.2 Å². The third kappa shape index (κ3) is 6.52. The van der Waals surface area contributed by atoms with E-state index in [9.17, 15) is 28.3 Å². The Balaban J connectivity index is 1.14. The molecule has 5 aliphatic rings. The van der Waals surface area contributed by atoms with E-state index in [0.717, 1.165) is 30.5 Å². The average molecular weight is 683 g/mol. The van der Waals surface area contributed by atoms with Crippen molar-refractivity contribution >= 4 is 35.2 Å². The summed E-state index contributed by atoms with van der Waals surface area (Å²) in [7, 11) is 3.66. The number of nitrogens with zero attached hydrogens (tertiary/aromatic N) is 4. The molecule has 3 fully saturated rings. The van der Waals surface area contributed by atoms with Gasteiger partial charge in [0.25, 0.3) is 5.56 Å². The molecule has 9 nitrogen and oxygen atoms in total. The number of thioether (sulfide) groups is 1. The molecule has 3 heterocycles. The molecule has 0 spiro atoms. The highest BCUT2D eigenvalue weighted by Gasteiger charge is 2.55. The van der Waals surface area contributed by atoms with Gasteiger partial charge in [-0.2, -0.15) is 0 Å². The summed E-state index contributed by atoms with van der Waals surface area (Å²) in [6.45, 7) is 4.97. The van der Waals surface area contributed by atoms with Crippen molar-refractivity contribution in [1.82, 2.24) is 19.4 Å². The van der Waals surface area contributed by atoms with Gasteiger partial charge >= 0.3 is 5.97 Å². The number of halogens is 3. The van der Waals surface area contributed by atoms with Crippen LogP contribution in [0.2, 0.25) is 0 Å². The van der Waals surface area contributed by atoms with Gasteiger partial charge in [-0.1, -0.05) is 6.92 Å². The minimum absolute atomic E-state index is 0.00514. The van der Waals surface area contributed by atoms with Gasteiger partial charge in [-0.25, -0.2) is 13.8 Å². The van der Waals surface area contributed by atoms with Crippen LogP contribution in [0.25, 0.3) is 0 Å². The fraction of sp³-hybridized carbons (Fsp3) is 0.758. The number of aryl methyl sites for hydroxylation is 2. The normalized spacial score (nSPS) is 34.2. The van der Waals surface area contributed by atoms with E-state index in [0.29, 0.717) is 50.3 Å². The summed E-state index contributed by atoms with van der Waals surface area (Å²) in [5, 5.41) is 9.47. The number of alkyl halides is 3. The van der Waals surface area contributed by atoms with Crippen molar-refractivity contribution < 1.29 is 28.2 Å². The van der Waals surface area contributed by atoms with E-state index in [1.54, 1.807) is 23.4 Å². The van der Waals surface area contributed by atoms with Crippen LogP contribution in [-0.2, 0) is 33.7 Å². The average Bonchev–Trinajstić information content (AvgIpc) is 3.33. The van der Waals surface area contributed by atoms with Gasteiger partial charge in [-0.3, -0.25) is 19.0 Å². The van der Waals surface area contributed by atoms with Crippen LogP contribution in [0.3, 0.4) is 0 Å². The molecule has 1 amide bonds. The number of carbonyl (C=O) groups excluding carboxylic acids is 1. The molecule has 1 aromatic heterocycles. The number of carbonyl (C=O) groups is 2. The molecule has 2 aliphatic heterocycles. The first-order valence-corrected chi connectivity index (χ1v) is 17.9. The Morgan fingerprint density at radius 2 is 2.00 bits per heavy atom. The lowest BCUT2D eigenvalue weighted by Gasteiger charge is -2.41. The number of aromatic nitrogens is 2. The number of carboxylic acids is 1. The van der Waals surface area contributed by atoms with Gasteiger partial charge in [-0.15, -0.1) is 23.4 Å². The number of amides is 1. The van der Waals surface area contributed by atoms with Crippen molar-refractivity contribution in [1.29, 1.82) is 0 Å². The SMILES string of the molecule is Cc1nc2c(c(=O)n1CCOC1CCC(Cl)CC1C1=CN(C)C(=O)C3C1SC(C)C3C(=O)O)C[C@H](N(C)CC1CC(F)(F)C1)CC2. The molecule has 6 rings (SSSR count). The summed E-state index contributed by atoms with van der Waals surface area (Å²) in [5.74, 6) is -4.45. The van der Waals surface area contributed by atoms with Crippen molar-refractivity contribution in [3.8, 4) is 0 Å². The smallest absolute Gasteiger partial charge is 0.308 e. The predicted octanol–water partition coefficient (Wildman–Crippen LogP) is 4.36. The van der Waals surface area contributed by atoms with Crippen LogP contribution in [-0.4, -0.2) is 97.5 Å². The van der Waals surface area contributed by atoms with Crippen LogP contribution in [0.5, 0.6) is 0 Å². The lowest BCUT2D eigenvalue weighted by atomic mass is 9.74. The number of ether oxygens (including phenoxy) is 1. The molecule has 7 unspecified atom stereocenters. The lowest BCUT2D eigenvalue weighted by molar-refractivity contribution is -0.148. The number of aliphatic carboxylic acids is 1. The van der Waals surface area contributed by atoms with Crippen molar-refractivity contribution in [3.05, 3.63) is 39.2 Å². The largest absolute Gasteiger partial charge is 0.481 e. The standard InChI is InChI=1S/C33H45ClF2N4O5S/c1-17-27(32(43)44)28-29(46-17)24(16-39(4)31(28)42)22-11-20(34)5-8-26(22)45-10-9-40-18(2)37-25-7-6-21(12-23(25)30(40)41)38(3)15-19-13-33(35,36)14-19/h16-17,19-22,26-29H,5-15H2,1-4H3,(H,43,44)/t17?,20?,21-,22?,26?,27?,28?,29?/m1/s1. The van der Waals surface area contributed by atoms with Crippen molar-refractivity contribution in [2.24, 2.45) is 23.7 Å². The van der Waals surface area contributed by atoms with Gasteiger partial charge in [0.2, 0.25) is 11.8 Å². The van der Waals surface area contributed by atoms with Gasteiger partial charge in [-0.05, 0) is 64.0 Å². The minimum atomic E-state index is -2.53. The number of hydrogen-bond donors (Lipinski definition) is 1. The van der Waals surface area contributed by atoms with Crippen LogP contribution < -0.4 is 5.56 Å². The fourth-order valence-electron chi connectivity index (χ4n) is 8.56. The molecule has 13 heteroatoms. The van der Waals surface area contributed by atoms with Crippen LogP contribution in [0.1, 0.15) is 62.5 Å². The van der Waals surface area contributed by atoms with E-state index in [2.05, 4.69) is 4.90 Å². The second-order valence-electron chi connectivity index (χ2n) is 14.2. The summed E-state index contributed by atoms with van der Waals surface area (Å²) in [6, 6.07) is 0.115. The quantitative estimate of drug-likeness (QED) is 0.384. The molecule has 1 saturated heterocycles. The lowest BCUT2D eigenvalue weighted by Crippen LogP contribution is -2.47. The van der Waals surface area contributed by atoms with E-state index < -0.39 is 23.7 Å². The molecule has 0 radical (unpaired) electrons. The number of likely N-dealkylation sites (N-methyl/N-ethyl adjacent to an activating group) is 1. The van der Waals surface area contributed by atoms with Gasteiger partial charge in [0.15, 0.2) is 0 Å². The maximum absolute atomic E-state index is 13.8. The molecule has 254 valence electrons. The van der Waals surface area contributed by atoms with Crippen LogP contribution >= 0.6 is 23.4 Å². The zero-order valence-electron chi connectivity index (χ0n) is 27.0. The zero-order valence-corrected chi connectivity index (χ0v) is 28.5. The van der Waals surface area contributed by atoms with Crippen LogP contribution in [0.4, 0.5) is 8.78 Å². The molecule has 8 atom stereocenters. The summed E-state index contributed by atoms with van der Waals surface area (Å²) in [5.41, 5.74) is 2.50. The van der Waals surface area contributed by atoms with Gasteiger partial charge in [0.1, 0.15) is 5.82 Å². The summed E-state index contributed by atoms with van der Waals surface area (Å²) >= 11 is 8.24. The maximum atomic E-state index is 13.8. The fourth-order valence-corrected chi connectivity index (χ4v) is 10.6. The Kier molecular flexibility index (Phi) is 9.66. The van der Waals surface area contributed by atoms with Gasteiger partial charge < -0.3 is 19.6 Å². The summed E-state index contributed by atoms with van der Waals surface area (Å²) in [4.78, 5) is 47.5. The highest BCUT2D eigenvalue weighted by molar-refractivity contribution is 8.01. The number of hydrogen-bond acceptors (Lipinski definition) is 7. The second-order valence-corrected chi connectivity index (χ2v) is 16.3. The number of fused-ring (bicyclic) bond motifs is 2. The van der Waals surface area contributed by atoms with E-state index in [-0.39, 0.29) is 64.2 Å². The highest BCUT2D eigenvalue weighted by atomic mass is 35.5. The highest BCUT2D eigenvalue weighted by Crippen LogP contribution is 2.52. The third-order valence-electron chi connectivity index (χ3n) is 11.0. The first-order valence-electron chi connectivity index (χ1n) is 16.5. The zero-order chi connectivity index (χ0) is 33.1. The molecular weight excluding hydrogens is 638 g/mol. The minimum Gasteiger partial charge on any atom is -0.481 e. The second kappa shape index (κ2) is 13.1. The molecule has 2 saturated carbocycles. The van der Waals surface area contributed by atoms with E-state index in [1.807, 2.05) is 27.1 Å². The van der Waals surface area contributed by atoms with E-state index >= 15 is 0 Å². The molecule has 0 bridgehead atoms. The Morgan fingerprint density at radius 3 is 2.70 bits per heavy atom. The molecule has 1 aromatic rings. The first kappa shape index (κ1) is 33.9. The Morgan fingerprint density at radius 1 is 1.26 bits per heavy atom. The van der Waals surface area contributed by atoms with Crippen LogP contribution in [0, 0.1) is 30.6 Å². The molecular formula is C33H45ClF2N4O5S. The van der Waals surface area contributed by atoms with Gasteiger partial charge in [0.05, 0.1) is 36.8 Å². The molecule has 1 N–H and O–H groups in total. The van der Waals surface area contributed by atoms with Gasteiger partial charge in [0, 0.05) is 66.0 Å². The first-order chi connectivity index (χ1) is 21.7. The molecule has 46 heavy (non-hydrogen) atoms.